The van der Waals surface area contributed by atoms with Gasteiger partial charge in [0, 0.05) is 0 Å². The number of hydrogen-bond acceptors (Lipinski definition) is 5. The smallest absolute Gasteiger partial charge is 0.404 e. The minimum atomic E-state index is -2.60. The van der Waals surface area contributed by atoms with Crippen LogP contribution in [0.5, 0.6) is 11.5 Å². The van der Waals surface area contributed by atoms with Gasteiger partial charge in [-0.05, 0) is 12.1 Å². The highest BCUT2D eigenvalue weighted by Gasteiger charge is 2.09. The largest absolute Gasteiger partial charge is 0.493 e. The number of amides is 1. The first-order valence-electron chi connectivity index (χ1n) is 6.29. The molecule has 0 heterocycles. The van der Waals surface area contributed by atoms with Gasteiger partial charge in [-0.15, -0.1) is 0 Å². The average molecular weight is 244 g/mol. The minimum Gasteiger partial charge on any atom is -0.493 e. The first-order valence-corrected chi connectivity index (χ1v) is 4.79. The van der Waals surface area contributed by atoms with Crippen molar-refractivity contribution in [2.45, 2.75) is 6.10 Å². The average Bonchev–Trinajstić information content (AvgIpc) is 2.33. The Bertz CT molecular complexity index is 452. The van der Waals surface area contributed by atoms with Crippen LogP contribution in [0.1, 0.15) is 4.11 Å². The predicted octanol–water partition coefficient (Wildman–Crippen LogP) is 0.530. The molecule has 0 saturated carbocycles. The summed E-state index contributed by atoms with van der Waals surface area (Å²) in [7, 11) is -2.60. The van der Waals surface area contributed by atoms with Crippen LogP contribution in [0, 0.1) is 0 Å². The second-order valence-corrected chi connectivity index (χ2v) is 3.14. The predicted molar refractivity (Wildman–Crippen MR) is 60.0 cm³/mol. The topological polar surface area (TPSA) is 91.0 Å². The Balaban J connectivity index is 2.57. The van der Waals surface area contributed by atoms with Crippen molar-refractivity contribution in [1.29, 1.82) is 0 Å². The first-order chi connectivity index (χ1) is 9.28. The lowest BCUT2D eigenvalue weighted by molar-refractivity contribution is 0.0413. The van der Waals surface area contributed by atoms with Gasteiger partial charge < -0.3 is 25.1 Å². The maximum Gasteiger partial charge on any atom is 0.404 e. The molecule has 0 aromatic heterocycles. The number of primary amides is 1. The first kappa shape index (κ1) is 9.12. The summed E-state index contributed by atoms with van der Waals surface area (Å²) in [5, 5.41) is 9.47. The normalized spacial score (nSPS) is 15.0. The lowest BCUT2D eigenvalue weighted by Gasteiger charge is -2.13. The van der Waals surface area contributed by atoms with E-state index in [-0.39, 0.29) is 24.7 Å². The van der Waals surface area contributed by atoms with E-state index in [0.29, 0.717) is 0 Å². The number of aliphatic hydroxyl groups is 1. The van der Waals surface area contributed by atoms with Crippen LogP contribution in [0.15, 0.2) is 24.3 Å². The van der Waals surface area contributed by atoms with E-state index in [1.807, 2.05) is 0 Å². The summed E-state index contributed by atoms with van der Waals surface area (Å²) in [5.41, 5.74) is 4.75. The van der Waals surface area contributed by atoms with Gasteiger partial charge >= 0.3 is 6.09 Å². The molecule has 0 saturated heterocycles. The molecule has 0 aliphatic carbocycles. The SMILES string of the molecule is [2H]C([2H])([2H])Oc1ccccc1OCC(O)COC(N)=O. The van der Waals surface area contributed by atoms with Gasteiger partial charge in [0.1, 0.15) is 19.3 Å². The van der Waals surface area contributed by atoms with Crippen LogP contribution in [0.25, 0.3) is 0 Å². The summed E-state index contributed by atoms with van der Waals surface area (Å²) in [5.74, 6) is 0.178. The lowest BCUT2D eigenvalue weighted by Crippen LogP contribution is -2.27. The number of ether oxygens (including phenoxy) is 3. The van der Waals surface area contributed by atoms with Crippen molar-refractivity contribution in [1.82, 2.24) is 0 Å². The Kier molecular flexibility index (Phi) is 3.54. The molecule has 1 unspecified atom stereocenters. The molecule has 0 bridgehead atoms. The van der Waals surface area contributed by atoms with Crippen LogP contribution in [0.4, 0.5) is 4.79 Å². The Morgan fingerprint density at radius 1 is 1.47 bits per heavy atom. The fourth-order valence-electron chi connectivity index (χ4n) is 1.07. The molecule has 0 radical (unpaired) electrons. The number of hydrogen-bond donors (Lipinski definition) is 2. The molecule has 1 amide bonds. The molecule has 1 aromatic carbocycles. The summed E-state index contributed by atoms with van der Waals surface area (Å²) < 4.78 is 35.5. The standard InChI is InChI=1S/C11H15NO5/c1-15-9-4-2-3-5-10(9)16-6-8(13)7-17-11(12)14/h2-5,8,13H,6-7H2,1H3,(H2,12,14)/i1D3. The quantitative estimate of drug-likeness (QED) is 0.761. The van der Waals surface area contributed by atoms with Gasteiger partial charge in [-0.1, -0.05) is 12.1 Å². The van der Waals surface area contributed by atoms with Crippen LogP contribution >= 0.6 is 0 Å². The molecule has 1 aromatic rings. The van der Waals surface area contributed by atoms with E-state index in [1.54, 1.807) is 12.1 Å². The summed E-state index contributed by atoms with van der Waals surface area (Å²) in [4.78, 5) is 10.4. The molecule has 1 atom stereocenters. The third kappa shape index (κ3) is 4.60. The molecular formula is C11H15NO5. The highest BCUT2D eigenvalue weighted by molar-refractivity contribution is 5.64. The Morgan fingerprint density at radius 3 is 2.82 bits per heavy atom. The summed E-state index contributed by atoms with van der Waals surface area (Å²) in [6.07, 6.45) is -2.10. The van der Waals surface area contributed by atoms with Gasteiger partial charge in [-0.3, -0.25) is 0 Å². The molecule has 0 spiro atoms. The summed E-state index contributed by atoms with van der Waals surface area (Å²) >= 11 is 0. The van der Waals surface area contributed by atoms with Crippen molar-refractivity contribution in [3.05, 3.63) is 24.3 Å². The highest BCUT2D eigenvalue weighted by atomic mass is 16.6. The monoisotopic (exact) mass is 244 g/mol. The van der Waals surface area contributed by atoms with Gasteiger partial charge in [0.25, 0.3) is 0 Å². The van der Waals surface area contributed by atoms with E-state index < -0.39 is 19.2 Å². The van der Waals surface area contributed by atoms with E-state index in [2.05, 4.69) is 4.74 Å². The third-order valence-electron chi connectivity index (χ3n) is 1.81. The number of aliphatic hydroxyl groups excluding tert-OH is 1. The van der Waals surface area contributed by atoms with Crippen molar-refractivity contribution in [3.63, 3.8) is 0 Å². The van der Waals surface area contributed by atoms with Crippen molar-refractivity contribution in [2.24, 2.45) is 5.73 Å². The summed E-state index contributed by atoms with van der Waals surface area (Å²) in [6, 6.07) is 6.12. The second-order valence-electron chi connectivity index (χ2n) is 3.14. The van der Waals surface area contributed by atoms with Crippen molar-refractivity contribution >= 4 is 6.09 Å². The fourth-order valence-corrected chi connectivity index (χ4v) is 1.07. The molecule has 0 aliphatic heterocycles. The molecule has 3 N–H and O–H groups in total. The van der Waals surface area contributed by atoms with E-state index in [1.165, 1.54) is 12.1 Å². The van der Waals surface area contributed by atoms with Gasteiger partial charge in [-0.25, -0.2) is 4.79 Å². The molecule has 94 valence electrons. The number of carbonyl (C=O) groups excluding carboxylic acids is 1. The number of rotatable bonds is 6. The zero-order valence-electron chi connectivity index (χ0n) is 12.0. The third-order valence-corrected chi connectivity index (χ3v) is 1.81. The molecule has 1 rings (SSSR count). The molecule has 6 nitrogen and oxygen atoms in total. The van der Waals surface area contributed by atoms with Gasteiger partial charge in [0.15, 0.2) is 11.5 Å². The van der Waals surface area contributed by atoms with Crippen LogP contribution < -0.4 is 15.2 Å². The van der Waals surface area contributed by atoms with Gasteiger partial charge in [-0.2, -0.15) is 0 Å². The lowest BCUT2D eigenvalue weighted by atomic mass is 10.3. The van der Waals surface area contributed by atoms with Crippen LogP contribution in [-0.4, -0.2) is 37.6 Å². The van der Waals surface area contributed by atoms with Crippen LogP contribution in [0.3, 0.4) is 0 Å². The zero-order valence-corrected chi connectivity index (χ0v) is 8.96. The maximum absolute atomic E-state index is 10.4. The van der Waals surface area contributed by atoms with Gasteiger partial charge in [0.05, 0.1) is 11.2 Å². The Hall–Kier alpha value is -1.95. The van der Waals surface area contributed by atoms with Gasteiger partial charge in [0.2, 0.25) is 0 Å². The van der Waals surface area contributed by atoms with E-state index in [4.69, 9.17) is 19.3 Å². The molecule has 0 fully saturated rings. The second kappa shape index (κ2) is 6.59. The zero-order chi connectivity index (χ0) is 15.2. The molecular weight excluding hydrogens is 226 g/mol. The number of carbonyl (C=O) groups is 1. The van der Waals surface area contributed by atoms with E-state index in [9.17, 15) is 9.90 Å². The fraction of sp³-hybridized carbons (Fsp3) is 0.364. The van der Waals surface area contributed by atoms with Crippen molar-refractivity contribution in [3.8, 4) is 11.5 Å². The van der Waals surface area contributed by atoms with Crippen LogP contribution in [0.2, 0.25) is 0 Å². The highest BCUT2D eigenvalue weighted by Crippen LogP contribution is 2.25. The maximum atomic E-state index is 10.4. The van der Waals surface area contributed by atoms with Crippen LogP contribution in [-0.2, 0) is 4.74 Å². The van der Waals surface area contributed by atoms with Crippen molar-refractivity contribution in [2.75, 3.05) is 20.3 Å². The Labute approximate surface area is 103 Å². The summed E-state index contributed by atoms with van der Waals surface area (Å²) in [6.45, 7) is -0.535. The Morgan fingerprint density at radius 2 is 2.18 bits per heavy atom. The van der Waals surface area contributed by atoms with E-state index >= 15 is 0 Å². The van der Waals surface area contributed by atoms with E-state index in [0.717, 1.165) is 0 Å². The number of nitrogens with two attached hydrogens (primary N) is 1. The number of methoxy groups -OCH3 is 1. The molecule has 17 heavy (non-hydrogen) atoms. The molecule has 6 heteroatoms. The molecule has 0 aliphatic rings. The van der Waals surface area contributed by atoms with Crippen molar-refractivity contribution < 1.29 is 28.2 Å². The minimum absolute atomic E-state index is 0.0236. The number of para-hydroxylation sites is 2. The number of benzene rings is 1.